The van der Waals surface area contributed by atoms with Crippen molar-refractivity contribution in [2.75, 3.05) is 59.0 Å². The van der Waals surface area contributed by atoms with Crippen LogP contribution in [0.4, 0.5) is 13.6 Å². The highest BCUT2D eigenvalue weighted by Crippen LogP contribution is 2.18. The number of rotatable bonds is 11. The van der Waals surface area contributed by atoms with E-state index in [0.717, 1.165) is 36.6 Å². The number of benzene rings is 2. The van der Waals surface area contributed by atoms with Crippen LogP contribution in [0.25, 0.3) is 0 Å². The minimum Gasteiger partial charge on any atom is -0.389 e. The topological polar surface area (TPSA) is 114 Å². The van der Waals surface area contributed by atoms with Gasteiger partial charge < -0.3 is 35.2 Å². The molecule has 0 unspecified atom stereocenters. The Morgan fingerprint density at radius 2 is 1.62 bits per heavy atom. The van der Waals surface area contributed by atoms with E-state index in [0.29, 0.717) is 58.0 Å². The number of halogens is 2. The normalized spacial score (nSPS) is 18.3. The van der Waals surface area contributed by atoms with Crippen molar-refractivity contribution in [2.24, 2.45) is 0 Å². The van der Waals surface area contributed by atoms with Crippen LogP contribution >= 0.6 is 0 Å². The lowest BCUT2D eigenvalue weighted by Crippen LogP contribution is -2.63. The molecule has 10 nitrogen and oxygen atoms in total. The predicted molar refractivity (Wildman–Crippen MR) is 166 cm³/mol. The highest BCUT2D eigenvalue weighted by Gasteiger charge is 2.35. The van der Waals surface area contributed by atoms with Crippen LogP contribution in [0.3, 0.4) is 0 Å². The number of ether oxygens (including phenoxy) is 1. The van der Waals surface area contributed by atoms with Crippen LogP contribution < -0.4 is 10.6 Å². The second-order valence-electron chi connectivity index (χ2n) is 11.8. The molecule has 12 heteroatoms. The first-order valence-corrected chi connectivity index (χ1v) is 15.8. The summed E-state index contributed by atoms with van der Waals surface area (Å²) in [4.78, 5) is 45.3. The minimum atomic E-state index is -1.23. The maximum atomic E-state index is 14.1. The molecule has 2 saturated heterocycles. The Hall–Kier alpha value is -3.61. The fourth-order valence-electron chi connectivity index (χ4n) is 5.98. The second kappa shape index (κ2) is 16.1. The van der Waals surface area contributed by atoms with Crippen LogP contribution in [0.1, 0.15) is 58.5 Å². The van der Waals surface area contributed by atoms with Crippen molar-refractivity contribution in [3.8, 4) is 0 Å². The maximum absolute atomic E-state index is 14.1. The van der Waals surface area contributed by atoms with Gasteiger partial charge in [0.05, 0.1) is 31.4 Å². The number of carbonyl (C=O) groups is 3. The number of amides is 4. The number of aryl methyl sites for hydroxylation is 1. The Bertz CT molecular complexity index is 1310. The first kappa shape index (κ1) is 34.3. The van der Waals surface area contributed by atoms with E-state index in [2.05, 4.69) is 10.6 Å². The van der Waals surface area contributed by atoms with Gasteiger partial charge in [-0.25, -0.2) is 13.6 Å². The van der Waals surface area contributed by atoms with Crippen molar-refractivity contribution in [2.45, 2.75) is 58.2 Å². The van der Waals surface area contributed by atoms with Gasteiger partial charge in [-0.2, -0.15) is 0 Å². The standard InChI is InChI=1S/C33H45F2N5O5/c1-4-7-38(8-5-2)32(43)25-15-22(3)14-24(19-25)31(42)37-28(18-23-16-26(34)20-27(35)17-23)30(41)29-21-40(9-6-36-29)33(44)39-10-12-45-13-11-39/h14-17,19-20,28-30,36,41H,4-13,18,21H2,1-3H3,(H,37,42)/t28-,29+,30-/m0/s1. The summed E-state index contributed by atoms with van der Waals surface area (Å²) in [6.07, 6.45) is 0.303. The fourth-order valence-corrected chi connectivity index (χ4v) is 5.98. The largest absolute Gasteiger partial charge is 0.389 e. The van der Waals surface area contributed by atoms with E-state index in [1.165, 1.54) is 6.07 Å². The van der Waals surface area contributed by atoms with Crippen molar-refractivity contribution in [1.82, 2.24) is 25.3 Å². The summed E-state index contributed by atoms with van der Waals surface area (Å²) in [5, 5.41) is 17.7. The van der Waals surface area contributed by atoms with Gasteiger partial charge in [0, 0.05) is 63.0 Å². The van der Waals surface area contributed by atoms with E-state index in [9.17, 15) is 28.3 Å². The summed E-state index contributed by atoms with van der Waals surface area (Å²) >= 11 is 0. The fraction of sp³-hybridized carbons (Fsp3) is 0.545. The third-order valence-corrected chi connectivity index (χ3v) is 8.14. The highest BCUT2D eigenvalue weighted by atomic mass is 19.1. The van der Waals surface area contributed by atoms with Crippen LogP contribution in [-0.2, 0) is 11.2 Å². The zero-order valence-corrected chi connectivity index (χ0v) is 26.4. The number of carbonyl (C=O) groups excluding carboxylic acids is 3. The molecule has 2 aromatic rings. The van der Waals surface area contributed by atoms with Crippen LogP contribution in [0.5, 0.6) is 0 Å². The zero-order chi connectivity index (χ0) is 32.5. The summed E-state index contributed by atoms with van der Waals surface area (Å²) in [7, 11) is 0. The van der Waals surface area contributed by atoms with E-state index in [1.807, 2.05) is 13.8 Å². The lowest BCUT2D eigenvalue weighted by molar-refractivity contribution is 0.0289. The number of piperazine rings is 1. The molecule has 2 fully saturated rings. The Kier molecular flexibility index (Phi) is 12.3. The monoisotopic (exact) mass is 629 g/mol. The molecule has 0 radical (unpaired) electrons. The Labute approximate surface area is 263 Å². The highest BCUT2D eigenvalue weighted by molar-refractivity contribution is 6.00. The van der Waals surface area contributed by atoms with E-state index < -0.39 is 35.7 Å². The first-order valence-electron chi connectivity index (χ1n) is 15.8. The summed E-state index contributed by atoms with van der Waals surface area (Å²) < 4.78 is 33.6. The summed E-state index contributed by atoms with van der Waals surface area (Å²) in [6.45, 7) is 9.92. The summed E-state index contributed by atoms with van der Waals surface area (Å²) in [5.41, 5.74) is 1.59. The quantitative estimate of drug-likeness (QED) is 0.352. The van der Waals surface area contributed by atoms with Gasteiger partial charge in [-0.3, -0.25) is 9.59 Å². The van der Waals surface area contributed by atoms with E-state index in [-0.39, 0.29) is 36.0 Å². The molecular weight excluding hydrogens is 584 g/mol. The molecule has 0 bridgehead atoms. The van der Waals surface area contributed by atoms with Gasteiger partial charge >= 0.3 is 6.03 Å². The van der Waals surface area contributed by atoms with Crippen LogP contribution in [-0.4, -0.2) is 115 Å². The lowest BCUT2D eigenvalue weighted by Gasteiger charge is -2.41. The van der Waals surface area contributed by atoms with Crippen LogP contribution in [0.2, 0.25) is 0 Å². The Morgan fingerprint density at radius 3 is 2.27 bits per heavy atom. The number of urea groups is 1. The molecule has 4 amide bonds. The maximum Gasteiger partial charge on any atom is 0.320 e. The predicted octanol–water partition coefficient (Wildman–Crippen LogP) is 2.96. The molecule has 2 aromatic carbocycles. The molecule has 2 aliphatic heterocycles. The van der Waals surface area contributed by atoms with E-state index in [4.69, 9.17) is 4.74 Å². The molecule has 0 aliphatic carbocycles. The van der Waals surface area contributed by atoms with Gasteiger partial charge in [-0.05, 0) is 67.6 Å². The third-order valence-electron chi connectivity index (χ3n) is 8.14. The van der Waals surface area contributed by atoms with Gasteiger partial charge in [0.1, 0.15) is 11.6 Å². The number of nitrogens with zero attached hydrogens (tertiary/aromatic N) is 3. The molecule has 0 aromatic heterocycles. The van der Waals surface area contributed by atoms with Crippen LogP contribution in [0, 0.1) is 18.6 Å². The van der Waals surface area contributed by atoms with E-state index >= 15 is 0 Å². The number of aliphatic hydroxyl groups is 1. The first-order chi connectivity index (χ1) is 21.6. The average Bonchev–Trinajstić information content (AvgIpc) is 3.03. The molecule has 2 aliphatic rings. The zero-order valence-electron chi connectivity index (χ0n) is 26.4. The molecule has 3 N–H and O–H groups in total. The van der Waals surface area contributed by atoms with Crippen molar-refractivity contribution in [3.05, 3.63) is 70.3 Å². The van der Waals surface area contributed by atoms with E-state index in [1.54, 1.807) is 33.8 Å². The lowest BCUT2D eigenvalue weighted by atomic mass is 9.94. The van der Waals surface area contributed by atoms with Crippen molar-refractivity contribution >= 4 is 17.8 Å². The summed E-state index contributed by atoms with van der Waals surface area (Å²) in [5.74, 6) is -2.25. The average molecular weight is 630 g/mol. The molecule has 2 heterocycles. The number of nitrogens with one attached hydrogen (secondary N) is 2. The van der Waals surface area contributed by atoms with Gasteiger partial charge in [0.25, 0.3) is 11.8 Å². The molecule has 3 atom stereocenters. The Balaban J connectivity index is 1.57. The van der Waals surface area contributed by atoms with Crippen molar-refractivity contribution in [3.63, 3.8) is 0 Å². The van der Waals surface area contributed by atoms with Gasteiger partial charge in [0.15, 0.2) is 0 Å². The number of morpholine rings is 1. The minimum absolute atomic E-state index is 0.0739. The summed E-state index contributed by atoms with van der Waals surface area (Å²) in [6, 6.07) is 6.27. The molecule has 246 valence electrons. The molecular formula is C33H45F2N5O5. The van der Waals surface area contributed by atoms with Gasteiger partial charge in [0.2, 0.25) is 0 Å². The second-order valence-corrected chi connectivity index (χ2v) is 11.8. The van der Waals surface area contributed by atoms with Crippen molar-refractivity contribution < 1.29 is 33.0 Å². The third kappa shape index (κ3) is 9.21. The molecule has 0 spiro atoms. The molecule has 4 rings (SSSR count). The molecule has 45 heavy (non-hydrogen) atoms. The SMILES string of the molecule is CCCN(CCC)C(=O)c1cc(C)cc(C(=O)N[C@@H](Cc2cc(F)cc(F)c2)[C@H](O)[C@H]2CN(C(=O)N3CCOCC3)CCN2)c1. The Morgan fingerprint density at radius 1 is 0.978 bits per heavy atom. The van der Waals surface area contributed by atoms with Gasteiger partial charge in [-0.15, -0.1) is 0 Å². The van der Waals surface area contributed by atoms with Crippen molar-refractivity contribution in [1.29, 1.82) is 0 Å². The van der Waals surface area contributed by atoms with Crippen LogP contribution in [0.15, 0.2) is 36.4 Å². The smallest absolute Gasteiger partial charge is 0.320 e. The number of hydrogen-bond donors (Lipinski definition) is 3. The van der Waals surface area contributed by atoms with Gasteiger partial charge in [-0.1, -0.05) is 13.8 Å². The number of aliphatic hydroxyl groups excluding tert-OH is 1. The number of hydrogen-bond acceptors (Lipinski definition) is 6. The molecule has 0 saturated carbocycles.